The molecule has 1 heterocycles. The molecule has 0 saturated heterocycles. The summed E-state index contributed by atoms with van der Waals surface area (Å²) in [6, 6.07) is 5.02. The minimum atomic E-state index is 0.725. The lowest BCUT2D eigenvalue weighted by atomic mass is 10.1. The number of nitrogens with zero attached hydrogens (tertiary/aromatic N) is 1. The first-order valence-electron chi connectivity index (χ1n) is 6.45. The van der Waals surface area contributed by atoms with Crippen LogP contribution in [0.5, 0.6) is 0 Å². The summed E-state index contributed by atoms with van der Waals surface area (Å²) in [4.78, 5) is 4.52. The molecule has 0 spiro atoms. The van der Waals surface area contributed by atoms with Crippen LogP contribution in [0, 0.1) is 25.7 Å². The molecule has 3 rings (SSSR count). The highest BCUT2D eigenvalue weighted by molar-refractivity contribution is 5.49. The van der Waals surface area contributed by atoms with E-state index in [-0.39, 0.29) is 0 Å². The molecule has 1 aromatic heterocycles. The molecule has 0 aliphatic heterocycles. The van der Waals surface area contributed by atoms with Gasteiger partial charge in [-0.25, -0.2) is 0 Å². The van der Waals surface area contributed by atoms with Crippen molar-refractivity contribution >= 4 is 5.69 Å². The number of rotatable bonds is 4. The smallest absolute Gasteiger partial charge is 0.0606 e. The average molecular weight is 216 g/mol. The van der Waals surface area contributed by atoms with Crippen LogP contribution < -0.4 is 5.32 Å². The van der Waals surface area contributed by atoms with Crippen LogP contribution in [0.25, 0.3) is 0 Å². The third-order valence-electron chi connectivity index (χ3n) is 3.81. The van der Waals surface area contributed by atoms with Gasteiger partial charge < -0.3 is 5.32 Å². The van der Waals surface area contributed by atoms with Gasteiger partial charge in [0.2, 0.25) is 0 Å². The maximum atomic E-state index is 4.52. The second-order valence-electron chi connectivity index (χ2n) is 5.43. The second-order valence-corrected chi connectivity index (χ2v) is 5.43. The molecule has 2 nitrogen and oxygen atoms in total. The Bertz CT molecular complexity index is 380. The number of hydrogen-bond acceptors (Lipinski definition) is 2. The molecular weight excluding hydrogens is 196 g/mol. The van der Waals surface area contributed by atoms with Gasteiger partial charge in [-0.1, -0.05) is 0 Å². The molecule has 1 N–H and O–H groups in total. The molecule has 86 valence electrons. The SMILES string of the molecule is Cc1ccc(NC(C2CC2)C2CC2)c(C)n1. The van der Waals surface area contributed by atoms with Gasteiger partial charge in [0.05, 0.1) is 11.4 Å². The number of pyridine rings is 1. The van der Waals surface area contributed by atoms with Crippen molar-refractivity contribution in [2.75, 3.05) is 5.32 Å². The molecule has 0 aromatic carbocycles. The number of hydrogen-bond donors (Lipinski definition) is 1. The third kappa shape index (κ3) is 2.06. The molecule has 2 fully saturated rings. The van der Waals surface area contributed by atoms with E-state index in [2.05, 4.69) is 36.3 Å². The Morgan fingerprint density at radius 2 is 1.75 bits per heavy atom. The fourth-order valence-corrected chi connectivity index (χ4v) is 2.55. The van der Waals surface area contributed by atoms with Gasteiger partial charge in [-0.3, -0.25) is 4.98 Å². The van der Waals surface area contributed by atoms with E-state index in [4.69, 9.17) is 0 Å². The minimum Gasteiger partial charge on any atom is -0.380 e. The highest BCUT2D eigenvalue weighted by atomic mass is 15.0. The Kier molecular flexibility index (Phi) is 2.38. The number of anilines is 1. The molecule has 2 aliphatic carbocycles. The molecular formula is C14H20N2. The summed E-state index contributed by atoms with van der Waals surface area (Å²) in [6.45, 7) is 4.15. The first-order chi connectivity index (χ1) is 7.74. The van der Waals surface area contributed by atoms with Gasteiger partial charge in [-0.2, -0.15) is 0 Å². The maximum absolute atomic E-state index is 4.52. The van der Waals surface area contributed by atoms with Crippen LogP contribution in [-0.2, 0) is 0 Å². The van der Waals surface area contributed by atoms with Crippen LogP contribution in [0.3, 0.4) is 0 Å². The molecule has 0 unspecified atom stereocenters. The summed E-state index contributed by atoms with van der Waals surface area (Å²) in [5.41, 5.74) is 3.50. The monoisotopic (exact) mass is 216 g/mol. The summed E-state index contributed by atoms with van der Waals surface area (Å²) >= 11 is 0. The average Bonchev–Trinajstić information content (AvgIpc) is 3.11. The highest BCUT2D eigenvalue weighted by Crippen LogP contribution is 2.46. The predicted molar refractivity (Wildman–Crippen MR) is 66.6 cm³/mol. The maximum Gasteiger partial charge on any atom is 0.0606 e. The van der Waals surface area contributed by atoms with E-state index in [1.54, 1.807) is 0 Å². The van der Waals surface area contributed by atoms with E-state index in [0.717, 1.165) is 29.3 Å². The zero-order chi connectivity index (χ0) is 11.1. The van der Waals surface area contributed by atoms with Gasteiger partial charge in [0.1, 0.15) is 0 Å². The van der Waals surface area contributed by atoms with Gasteiger partial charge >= 0.3 is 0 Å². The van der Waals surface area contributed by atoms with E-state index in [1.165, 1.54) is 31.4 Å². The van der Waals surface area contributed by atoms with Crippen LogP contribution in [-0.4, -0.2) is 11.0 Å². The van der Waals surface area contributed by atoms with E-state index in [9.17, 15) is 0 Å². The number of aromatic nitrogens is 1. The first-order valence-corrected chi connectivity index (χ1v) is 6.45. The van der Waals surface area contributed by atoms with Crippen molar-refractivity contribution < 1.29 is 0 Å². The minimum absolute atomic E-state index is 0.725. The Balaban J connectivity index is 1.76. The lowest BCUT2D eigenvalue weighted by Gasteiger charge is -2.20. The van der Waals surface area contributed by atoms with Crippen molar-refractivity contribution in [3.05, 3.63) is 23.5 Å². The lowest BCUT2D eigenvalue weighted by Crippen LogP contribution is -2.24. The lowest BCUT2D eigenvalue weighted by molar-refractivity contribution is 0.567. The van der Waals surface area contributed by atoms with Crippen molar-refractivity contribution in [2.24, 2.45) is 11.8 Å². The topological polar surface area (TPSA) is 24.9 Å². The normalized spacial score (nSPS) is 20.2. The van der Waals surface area contributed by atoms with Crippen LogP contribution in [0.15, 0.2) is 12.1 Å². The molecule has 2 saturated carbocycles. The first kappa shape index (κ1) is 10.1. The summed E-state index contributed by atoms with van der Waals surface area (Å²) in [5, 5.41) is 3.74. The van der Waals surface area contributed by atoms with E-state index in [1.807, 2.05) is 0 Å². The Morgan fingerprint density at radius 1 is 1.12 bits per heavy atom. The molecule has 0 bridgehead atoms. The van der Waals surface area contributed by atoms with Crippen molar-refractivity contribution in [2.45, 2.75) is 45.6 Å². The van der Waals surface area contributed by atoms with Crippen LogP contribution >= 0.6 is 0 Å². The zero-order valence-electron chi connectivity index (χ0n) is 10.2. The Labute approximate surface area is 97.5 Å². The van der Waals surface area contributed by atoms with Crippen LogP contribution in [0.2, 0.25) is 0 Å². The molecule has 0 atom stereocenters. The summed E-state index contributed by atoms with van der Waals surface area (Å²) in [5.74, 6) is 1.88. The summed E-state index contributed by atoms with van der Waals surface area (Å²) in [6.07, 6.45) is 5.69. The highest BCUT2D eigenvalue weighted by Gasteiger charge is 2.41. The number of aryl methyl sites for hydroxylation is 2. The van der Waals surface area contributed by atoms with Crippen LogP contribution in [0.4, 0.5) is 5.69 Å². The zero-order valence-corrected chi connectivity index (χ0v) is 10.2. The molecule has 2 aliphatic rings. The van der Waals surface area contributed by atoms with E-state index < -0.39 is 0 Å². The quantitative estimate of drug-likeness (QED) is 0.835. The largest absolute Gasteiger partial charge is 0.380 e. The van der Waals surface area contributed by atoms with Gasteiger partial charge in [0.25, 0.3) is 0 Å². The van der Waals surface area contributed by atoms with Gasteiger partial charge in [-0.15, -0.1) is 0 Å². The standard InChI is InChI=1S/C14H20N2/c1-9-3-8-13(10(2)15-9)16-14(11-4-5-11)12-6-7-12/h3,8,11-12,14,16H,4-7H2,1-2H3. The third-order valence-corrected chi connectivity index (χ3v) is 3.81. The molecule has 0 radical (unpaired) electrons. The molecule has 0 amide bonds. The van der Waals surface area contributed by atoms with Crippen molar-refractivity contribution in [3.63, 3.8) is 0 Å². The molecule has 16 heavy (non-hydrogen) atoms. The molecule has 2 heteroatoms. The van der Waals surface area contributed by atoms with Gasteiger partial charge in [0.15, 0.2) is 0 Å². The van der Waals surface area contributed by atoms with Gasteiger partial charge in [-0.05, 0) is 63.5 Å². The van der Waals surface area contributed by atoms with E-state index in [0.29, 0.717) is 0 Å². The van der Waals surface area contributed by atoms with Gasteiger partial charge in [0, 0.05) is 11.7 Å². The fraction of sp³-hybridized carbons (Fsp3) is 0.643. The van der Waals surface area contributed by atoms with Crippen molar-refractivity contribution in [1.29, 1.82) is 0 Å². The fourth-order valence-electron chi connectivity index (χ4n) is 2.55. The summed E-state index contributed by atoms with van der Waals surface area (Å²) in [7, 11) is 0. The second kappa shape index (κ2) is 3.76. The van der Waals surface area contributed by atoms with Crippen LogP contribution in [0.1, 0.15) is 37.1 Å². The number of nitrogens with one attached hydrogen (secondary N) is 1. The predicted octanol–water partition coefficient (Wildman–Crippen LogP) is 3.30. The molecule has 1 aromatic rings. The summed E-state index contributed by atoms with van der Waals surface area (Å²) < 4.78 is 0. The van der Waals surface area contributed by atoms with Crippen molar-refractivity contribution in [3.8, 4) is 0 Å². The van der Waals surface area contributed by atoms with Crippen molar-refractivity contribution in [1.82, 2.24) is 4.98 Å². The Hall–Kier alpha value is -1.05. The van der Waals surface area contributed by atoms with E-state index >= 15 is 0 Å². The Morgan fingerprint density at radius 3 is 2.25 bits per heavy atom.